The summed E-state index contributed by atoms with van der Waals surface area (Å²) < 4.78 is 5.66. The molecule has 0 bridgehead atoms. The van der Waals surface area contributed by atoms with E-state index in [4.69, 9.17) is 16.2 Å². The molecule has 0 aromatic heterocycles. The van der Waals surface area contributed by atoms with Crippen LogP contribution in [0.4, 0.5) is 0 Å². The minimum absolute atomic E-state index is 0.285. The molecule has 0 heterocycles. The maximum Gasteiger partial charge on any atom is 0.0466 e. The zero-order valence-electron chi connectivity index (χ0n) is 13.7. The highest BCUT2D eigenvalue weighted by atomic mass is 16.5. The van der Waals surface area contributed by atoms with Crippen LogP contribution in [0.5, 0.6) is 0 Å². The van der Waals surface area contributed by atoms with Gasteiger partial charge in [-0.2, -0.15) is 0 Å². The standard InChI is InChI=1S/C17H38N2O/c1-2-3-4-5-6-7-8-10-15-20-16-11-9-12-17(19)13-14-18/h17H,2-16,18-19H2,1H3. The Bertz CT molecular complexity index is 176. The Kier molecular flexibility index (Phi) is 16.8. The molecule has 0 rings (SSSR count). The molecule has 0 saturated carbocycles. The molecule has 0 aromatic carbocycles. The molecule has 0 aromatic rings. The van der Waals surface area contributed by atoms with Gasteiger partial charge in [0.15, 0.2) is 0 Å². The zero-order valence-corrected chi connectivity index (χ0v) is 13.7. The Morgan fingerprint density at radius 2 is 1.30 bits per heavy atom. The predicted molar refractivity (Wildman–Crippen MR) is 88.9 cm³/mol. The first-order valence-electron chi connectivity index (χ1n) is 8.84. The van der Waals surface area contributed by atoms with Crippen LogP contribution in [0.1, 0.15) is 84.0 Å². The number of nitrogens with two attached hydrogens (primary N) is 2. The fourth-order valence-electron chi connectivity index (χ4n) is 2.41. The van der Waals surface area contributed by atoms with Crippen molar-refractivity contribution in [1.29, 1.82) is 0 Å². The highest BCUT2D eigenvalue weighted by Gasteiger charge is 2.00. The number of rotatable bonds is 16. The van der Waals surface area contributed by atoms with Crippen LogP contribution in [0.3, 0.4) is 0 Å². The zero-order chi connectivity index (χ0) is 14.9. The third kappa shape index (κ3) is 15.9. The van der Waals surface area contributed by atoms with E-state index in [1.165, 1.54) is 57.8 Å². The van der Waals surface area contributed by atoms with Crippen molar-refractivity contribution in [1.82, 2.24) is 0 Å². The summed E-state index contributed by atoms with van der Waals surface area (Å²) in [6.45, 7) is 4.80. The molecular weight excluding hydrogens is 248 g/mol. The lowest BCUT2D eigenvalue weighted by Gasteiger charge is -2.09. The molecule has 20 heavy (non-hydrogen) atoms. The topological polar surface area (TPSA) is 61.3 Å². The fraction of sp³-hybridized carbons (Fsp3) is 1.00. The van der Waals surface area contributed by atoms with Gasteiger partial charge in [-0.3, -0.25) is 0 Å². The van der Waals surface area contributed by atoms with Crippen molar-refractivity contribution in [2.75, 3.05) is 19.8 Å². The fourth-order valence-corrected chi connectivity index (χ4v) is 2.41. The van der Waals surface area contributed by atoms with E-state index in [0.717, 1.165) is 32.5 Å². The molecule has 0 aliphatic heterocycles. The maximum atomic E-state index is 5.90. The summed E-state index contributed by atoms with van der Waals surface area (Å²) in [6, 6.07) is 0.285. The SMILES string of the molecule is CCCCCCCCCCOCCCCC(N)CCN. The monoisotopic (exact) mass is 286 g/mol. The van der Waals surface area contributed by atoms with E-state index in [2.05, 4.69) is 6.92 Å². The Hall–Kier alpha value is -0.120. The second-order valence-corrected chi connectivity index (χ2v) is 5.92. The van der Waals surface area contributed by atoms with Gasteiger partial charge in [-0.05, 0) is 38.6 Å². The quantitative estimate of drug-likeness (QED) is 0.422. The van der Waals surface area contributed by atoms with Crippen LogP contribution >= 0.6 is 0 Å². The van der Waals surface area contributed by atoms with Crippen LogP contribution in [-0.2, 0) is 4.74 Å². The lowest BCUT2D eigenvalue weighted by atomic mass is 10.1. The second-order valence-electron chi connectivity index (χ2n) is 5.92. The van der Waals surface area contributed by atoms with Crippen LogP contribution in [0.15, 0.2) is 0 Å². The number of ether oxygens (including phenoxy) is 1. The minimum Gasteiger partial charge on any atom is -0.381 e. The molecule has 1 unspecified atom stereocenters. The van der Waals surface area contributed by atoms with E-state index >= 15 is 0 Å². The van der Waals surface area contributed by atoms with E-state index in [1.807, 2.05) is 0 Å². The number of hydrogen-bond donors (Lipinski definition) is 2. The van der Waals surface area contributed by atoms with Gasteiger partial charge in [0, 0.05) is 19.3 Å². The smallest absolute Gasteiger partial charge is 0.0466 e. The third-order valence-electron chi connectivity index (χ3n) is 3.79. The van der Waals surface area contributed by atoms with Gasteiger partial charge in [-0.1, -0.05) is 51.9 Å². The molecule has 0 amide bonds. The van der Waals surface area contributed by atoms with Crippen LogP contribution in [0, 0.1) is 0 Å². The van der Waals surface area contributed by atoms with Gasteiger partial charge in [0.1, 0.15) is 0 Å². The van der Waals surface area contributed by atoms with E-state index < -0.39 is 0 Å². The van der Waals surface area contributed by atoms with Gasteiger partial charge in [0.25, 0.3) is 0 Å². The van der Waals surface area contributed by atoms with Crippen LogP contribution < -0.4 is 11.5 Å². The third-order valence-corrected chi connectivity index (χ3v) is 3.79. The van der Waals surface area contributed by atoms with Crippen molar-refractivity contribution in [2.45, 2.75) is 90.0 Å². The van der Waals surface area contributed by atoms with E-state index in [-0.39, 0.29) is 6.04 Å². The van der Waals surface area contributed by atoms with Crippen molar-refractivity contribution in [2.24, 2.45) is 11.5 Å². The summed E-state index contributed by atoms with van der Waals surface area (Å²) in [7, 11) is 0. The molecular formula is C17H38N2O. The Balaban J connectivity index is 2.99. The number of unbranched alkanes of at least 4 members (excludes halogenated alkanes) is 8. The average Bonchev–Trinajstić information content (AvgIpc) is 2.44. The van der Waals surface area contributed by atoms with E-state index in [9.17, 15) is 0 Å². The van der Waals surface area contributed by atoms with Crippen molar-refractivity contribution >= 4 is 0 Å². The second kappa shape index (κ2) is 16.9. The van der Waals surface area contributed by atoms with Crippen LogP contribution in [0.25, 0.3) is 0 Å². The minimum atomic E-state index is 0.285. The maximum absolute atomic E-state index is 5.90. The van der Waals surface area contributed by atoms with E-state index in [0.29, 0.717) is 6.54 Å². The molecule has 122 valence electrons. The Morgan fingerprint density at radius 3 is 1.90 bits per heavy atom. The number of hydrogen-bond acceptors (Lipinski definition) is 3. The van der Waals surface area contributed by atoms with Gasteiger partial charge >= 0.3 is 0 Å². The highest BCUT2D eigenvalue weighted by molar-refractivity contribution is 4.61. The first-order valence-corrected chi connectivity index (χ1v) is 8.84. The molecule has 0 aliphatic rings. The lowest BCUT2D eigenvalue weighted by Crippen LogP contribution is -2.23. The molecule has 1 atom stereocenters. The van der Waals surface area contributed by atoms with Crippen molar-refractivity contribution < 1.29 is 4.74 Å². The summed E-state index contributed by atoms with van der Waals surface area (Å²) in [5.74, 6) is 0. The molecule has 0 radical (unpaired) electrons. The molecule has 3 nitrogen and oxygen atoms in total. The normalized spacial score (nSPS) is 12.8. The molecule has 0 spiro atoms. The lowest BCUT2D eigenvalue weighted by molar-refractivity contribution is 0.125. The first-order chi connectivity index (χ1) is 9.81. The van der Waals surface area contributed by atoms with Gasteiger partial charge < -0.3 is 16.2 Å². The molecule has 0 saturated heterocycles. The van der Waals surface area contributed by atoms with Gasteiger partial charge in [0.2, 0.25) is 0 Å². The molecule has 0 fully saturated rings. The summed E-state index contributed by atoms with van der Waals surface area (Å²) in [5.41, 5.74) is 11.4. The van der Waals surface area contributed by atoms with E-state index in [1.54, 1.807) is 0 Å². The van der Waals surface area contributed by atoms with Gasteiger partial charge in [0.05, 0.1) is 0 Å². The van der Waals surface area contributed by atoms with Gasteiger partial charge in [-0.15, -0.1) is 0 Å². The van der Waals surface area contributed by atoms with Crippen molar-refractivity contribution in [3.63, 3.8) is 0 Å². The Morgan fingerprint density at radius 1 is 0.750 bits per heavy atom. The van der Waals surface area contributed by atoms with Crippen molar-refractivity contribution in [3.8, 4) is 0 Å². The van der Waals surface area contributed by atoms with Crippen LogP contribution in [0.2, 0.25) is 0 Å². The molecule has 0 aliphatic carbocycles. The Labute approximate surface area is 126 Å². The molecule has 3 heteroatoms. The average molecular weight is 287 g/mol. The van der Waals surface area contributed by atoms with Crippen molar-refractivity contribution in [3.05, 3.63) is 0 Å². The predicted octanol–water partition coefficient (Wildman–Crippen LogP) is 3.99. The van der Waals surface area contributed by atoms with Gasteiger partial charge in [-0.25, -0.2) is 0 Å². The summed E-state index contributed by atoms with van der Waals surface area (Å²) >= 11 is 0. The highest BCUT2D eigenvalue weighted by Crippen LogP contribution is 2.08. The first kappa shape index (κ1) is 19.9. The summed E-state index contributed by atoms with van der Waals surface area (Å²) in [6.07, 6.45) is 15.2. The molecule has 4 N–H and O–H groups in total. The largest absolute Gasteiger partial charge is 0.381 e. The summed E-state index contributed by atoms with van der Waals surface area (Å²) in [5, 5.41) is 0. The van der Waals surface area contributed by atoms with Crippen LogP contribution in [-0.4, -0.2) is 25.8 Å². The summed E-state index contributed by atoms with van der Waals surface area (Å²) in [4.78, 5) is 0.